The van der Waals surface area contributed by atoms with Gasteiger partial charge in [0.25, 0.3) is 0 Å². The van der Waals surface area contributed by atoms with Crippen LogP contribution in [0.1, 0.15) is 26.2 Å². The fraction of sp³-hybridized carbons (Fsp3) is 0.727. The molecule has 0 aliphatic carbocycles. The first-order valence-corrected chi connectivity index (χ1v) is 5.36. The zero-order chi connectivity index (χ0) is 10.4. The summed E-state index contributed by atoms with van der Waals surface area (Å²) >= 11 is 0. The highest BCUT2D eigenvalue weighted by molar-refractivity contribution is 5.92. The Balaban J connectivity index is 2.08. The molecule has 0 atom stereocenters. The highest BCUT2D eigenvalue weighted by Crippen LogP contribution is 2.07. The molecule has 1 rings (SSSR count). The molecule has 0 bridgehead atoms. The number of hydrogen-bond acceptors (Lipinski definition) is 2. The van der Waals surface area contributed by atoms with E-state index in [2.05, 4.69) is 16.8 Å². The summed E-state index contributed by atoms with van der Waals surface area (Å²) in [6.07, 6.45) is 3.96. The minimum atomic E-state index is -0.0259. The molecule has 14 heavy (non-hydrogen) atoms. The number of carbonyl (C=O) groups excluding carboxylic acids is 1. The quantitative estimate of drug-likeness (QED) is 0.684. The molecule has 1 aliphatic rings. The number of hydrogen-bond donors (Lipinski definition) is 1. The van der Waals surface area contributed by atoms with Crippen LogP contribution in [0.4, 0.5) is 0 Å². The third kappa shape index (κ3) is 3.92. The molecule has 1 N–H and O–H groups in total. The Morgan fingerprint density at radius 3 is 2.57 bits per heavy atom. The second-order valence-electron chi connectivity index (χ2n) is 3.94. The van der Waals surface area contributed by atoms with Crippen molar-refractivity contribution in [3.8, 4) is 0 Å². The van der Waals surface area contributed by atoms with Crippen LogP contribution in [0.3, 0.4) is 0 Å². The molecule has 3 nitrogen and oxygen atoms in total. The third-order valence-corrected chi connectivity index (χ3v) is 2.55. The lowest BCUT2D eigenvalue weighted by atomic mass is 10.1. The molecular formula is C11H20N2O. The molecule has 0 aromatic carbocycles. The first-order valence-electron chi connectivity index (χ1n) is 5.36. The Labute approximate surface area is 86.2 Å². The number of piperidine rings is 1. The minimum Gasteiger partial charge on any atom is -0.351 e. The van der Waals surface area contributed by atoms with Crippen LogP contribution < -0.4 is 5.32 Å². The summed E-state index contributed by atoms with van der Waals surface area (Å²) in [7, 11) is 0. The molecular weight excluding hydrogens is 176 g/mol. The van der Waals surface area contributed by atoms with Crippen molar-refractivity contribution in [2.24, 2.45) is 0 Å². The van der Waals surface area contributed by atoms with E-state index in [1.54, 1.807) is 6.92 Å². The lowest BCUT2D eigenvalue weighted by Gasteiger charge is -2.26. The standard InChI is InChI=1S/C11H20N2O/c1-10(2)11(14)12-6-9-13-7-4-3-5-8-13/h1,3-9H2,2H3,(H,12,14). The topological polar surface area (TPSA) is 32.3 Å². The van der Waals surface area contributed by atoms with Gasteiger partial charge in [0.2, 0.25) is 5.91 Å². The van der Waals surface area contributed by atoms with E-state index in [9.17, 15) is 4.79 Å². The number of nitrogens with zero attached hydrogens (tertiary/aromatic N) is 1. The molecule has 1 heterocycles. The predicted molar refractivity (Wildman–Crippen MR) is 58.1 cm³/mol. The Morgan fingerprint density at radius 1 is 1.36 bits per heavy atom. The van der Waals surface area contributed by atoms with Crippen molar-refractivity contribution in [2.45, 2.75) is 26.2 Å². The van der Waals surface area contributed by atoms with Gasteiger partial charge < -0.3 is 10.2 Å². The molecule has 0 unspecified atom stereocenters. The molecule has 0 saturated carbocycles. The summed E-state index contributed by atoms with van der Waals surface area (Å²) in [6.45, 7) is 9.41. The van der Waals surface area contributed by atoms with Gasteiger partial charge in [-0.25, -0.2) is 0 Å². The fourth-order valence-corrected chi connectivity index (χ4v) is 1.66. The van der Waals surface area contributed by atoms with Crippen LogP contribution in [0.15, 0.2) is 12.2 Å². The van der Waals surface area contributed by atoms with Crippen molar-refractivity contribution in [3.63, 3.8) is 0 Å². The van der Waals surface area contributed by atoms with Crippen LogP contribution in [-0.2, 0) is 4.79 Å². The summed E-state index contributed by atoms with van der Waals surface area (Å²) in [5.74, 6) is -0.0259. The molecule has 1 amide bonds. The maximum atomic E-state index is 11.2. The molecule has 1 aliphatic heterocycles. The van der Waals surface area contributed by atoms with E-state index >= 15 is 0 Å². The van der Waals surface area contributed by atoms with Gasteiger partial charge in [-0.3, -0.25) is 4.79 Å². The van der Waals surface area contributed by atoms with Crippen molar-refractivity contribution in [2.75, 3.05) is 26.2 Å². The number of nitrogens with one attached hydrogen (secondary N) is 1. The first kappa shape index (κ1) is 11.2. The molecule has 0 aromatic rings. The Bertz CT molecular complexity index is 207. The molecule has 1 fully saturated rings. The van der Waals surface area contributed by atoms with E-state index in [1.807, 2.05) is 0 Å². The third-order valence-electron chi connectivity index (χ3n) is 2.55. The summed E-state index contributed by atoms with van der Waals surface area (Å²) in [4.78, 5) is 13.6. The Hall–Kier alpha value is -0.830. The van der Waals surface area contributed by atoms with Gasteiger partial charge in [0.1, 0.15) is 0 Å². The first-order chi connectivity index (χ1) is 6.70. The van der Waals surface area contributed by atoms with Gasteiger partial charge in [0.05, 0.1) is 0 Å². The monoisotopic (exact) mass is 196 g/mol. The summed E-state index contributed by atoms with van der Waals surface area (Å²) in [5.41, 5.74) is 0.587. The summed E-state index contributed by atoms with van der Waals surface area (Å²) < 4.78 is 0. The number of amides is 1. The van der Waals surface area contributed by atoms with Gasteiger partial charge in [0.15, 0.2) is 0 Å². The largest absolute Gasteiger partial charge is 0.351 e. The SMILES string of the molecule is C=C(C)C(=O)NCCN1CCCCC1. The number of likely N-dealkylation sites (tertiary alicyclic amines) is 1. The van der Waals surface area contributed by atoms with E-state index in [1.165, 1.54) is 32.4 Å². The molecule has 0 radical (unpaired) electrons. The van der Waals surface area contributed by atoms with Crippen LogP contribution in [0.5, 0.6) is 0 Å². The molecule has 3 heteroatoms. The van der Waals surface area contributed by atoms with Crippen molar-refractivity contribution in [3.05, 3.63) is 12.2 Å². The van der Waals surface area contributed by atoms with E-state index in [4.69, 9.17) is 0 Å². The van der Waals surface area contributed by atoms with Crippen molar-refractivity contribution >= 4 is 5.91 Å². The zero-order valence-corrected chi connectivity index (χ0v) is 9.01. The van der Waals surface area contributed by atoms with Crippen LogP contribution >= 0.6 is 0 Å². The average Bonchev–Trinajstić information content (AvgIpc) is 2.19. The number of carbonyl (C=O) groups is 1. The summed E-state index contributed by atoms with van der Waals surface area (Å²) in [5, 5.41) is 2.85. The highest BCUT2D eigenvalue weighted by atomic mass is 16.1. The maximum Gasteiger partial charge on any atom is 0.246 e. The second-order valence-corrected chi connectivity index (χ2v) is 3.94. The lowest BCUT2D eigenvalue weighted by Crippen LogP contribution is -2.37. The normalized spacial score (nSPS) is 17.8. The lowest BCUT2D eigenvalue weighted by molar-refractivity contribution is -0.117. The van der Waals surface area contributed by atoms with Gasteiger partial charge in [-0.15, -0.1) is 0 Å². The number of rotatable bonds is 4. The van der Waals surface area contributed by atoms with Gasteiger partial charge in [0, 0.05) is 18.7 Å². The van der Waals surface area contributed by atoms with Crippen LogP contribution in [0.25, 0.3) is 0 Å². The van der Waals surface area contributed by atoms with E-state index in [-0.39, 0.29) is 5.91 Å². The predicted octanol–water partition coefficient (Wildman–Crippen LogP) is 1.16. The Morgan fingerprint density at radius 2 is 2.00 bits per heavy atom. The van der Waals surface area contributed by atoms with E-state index in [0.717, 1.165) is 13.1 Å². The fourth-order valence-electron chi connectivity index (χ4n) is 1.66. The van der Waals surface area contributed by atoms with Gasteiger partial charge >= 0.3 is 0 Å². The van der Waals surface area contributed by atoms with Crippen LogP contribution in [0, 0.1) is 0 Å². The van der Waals surface area contributed by atoms with Crippen molar-refractivity contribution < 1.29 is 4.79 Å². The van der Waals surface area contributed by atoms with E-state index in [0.29, 0.717) is 5.57 Å². The van der Waals surface area contributed by atoms with Crippen LogP contribution in [0.2, 0.25) is 0 Å². The average molecular weight is 196 g/mol. The highest BCUT2D eigenvalue weighted by Gasteiger charge is 2.09. The Kier molecular flexibility index (Phi) is 4.66. The molecule has 1 saturated heterocycles. The van der Waals surface area contributed by atoms with Crippen molar-refractivity contribution in [1.82, 2.24) is 10.2 Å². The molecule has 80 valence electrons. The maximum absolute atomic E-state index is 11.2. The van der Waals surface area contributed by atoms with Crippen LogP contribution in [-0.4, -0.2) is 37.0 Å². The molecule has 0 spiro atoms. The summed E-state index contributed by atoms with van der Waals surface area (Å²) in [6, 6.07) is 0. The van der Waals surface area contributed by atoms with E-state index < -0.39 is 0 Å². The smallest absolute Gasteiger partial charge is 0.246 e. The van der Waals surface area contributed by atoms with Crippen molar-refractivity contribution in [1.29, 1.82) is 0 Å². The van der Waals surface area contributed by atoms with Gasteiger partial charge in [-0.05, 0) is 32.9 Å². The molecule has 0 aromatic heterocycles. The van der Waals surface area contributed by atoms with Gasteiger partial charge in [-0.2, -0.15) is 0 Å². The minimum absolute atomic E-state index is 0.0259. The van der Waals surface area contributed by atoms with Gasteiger partial charge in [-0.1, -0.05) is 13.0 Å². The zero-order valence-electron chi connectivity index (χ0n) is 9.01. The second kappa shape index (κ2) is 5.81.